The highest BCUT2D eigenvalue weighted by atomic mass is 16.5. The van der Waals surface area contributed by atoms with Gasteiger partial charge < -0.3 is 4.74 Å². The molecular weight excluding hydrogens is 452 g/mol. The average Bonchev–Trinajstić information content (AvgIpc) is 3.29. The van der Waals surface area contributed by atoms with E-state index in [2.05, 4.69) is 6.58 Å². The van der Waals surface area contributed by atoms with Crippen molar-refractivity contribution in [3.8, 4) is 28.8 Å². The van der Waals surface area contributed by atoms with Crippen LogP contribution in [0.5, 0.6) is 5.75 Å². The number of hydrogen-bond acceptors (Lipinski definition) is 5. The molecule has 0 saturated carbocycles. The van der Waals surface area contributed by atoms with E-state index in [4.69, 9.17) is 9.84 Å². The van der Waals surface area contributed by atoms with Gasteiger partial charge in [-0.2, -0.15) is 10.4 Å². The molecule has 4 rings (SSSR count). The molecule has 7 heteroatoms. The minimum Gasteiger partial charge on any atom is -0.491 e. The molecule has 0 N–H and O–H groups in total. The zero-order valence-electron chi connectivity index (χ0n) is 20.4. The van der Waals surface area contributed by atoms with Crippen molar-refractivity contribution in [2.24, 2.45) is 0 Å². The Morgan fingerprint density at radius 2 is 1.78 bits per heavy atom. The minimum atomic E-state index is -0.613. The summed E-state index contributed by atoms with van der Waals surface area (Å²) >= 11 is 0. The predicted molar refractivity (Wildman–Crippen MR) is 138 cm³/mol. The van der Waals surface area contributed by atoms with Crippen molar-refractivity contribution in [2.75, 3.05) is 6.54 Å². The van der Waals surface area contributed by atoms with Gasteiger partial charge in [0.25, 0.3) is 11.8 Å². The molecule has 3 aromatic rings. The van der Waals surface area contributed by atoms with Crippen molar-refractivity contribution in [3.05, 3.63) is 95.7 Å². The molecule has 36 heavy (non-hydrogen) atoms. The summed E-state index contributed by atoms with van der Waals surface area (Å²) in [6.45, 7) is 9.19. The van der Waals surface area contributed by atoms with Crippen molar-refractivity contribution in [1.29, 1.82) is 5.26 Å². The Labute approximate surface area is 210 Å². The number of carbonyl (C=O) groups excluding carboxylic acids is 2. The lowest BCUT2D eigenvalue weighted by molar-refractivity contribution is -0.139. The van der Waals surface area contributed by atoms with Crippen LogP contribution in [0.25, 0.3) is 23.0 Å². The van der Waals surface area contributed by atoms with Gasteiger partial charge in [0.2, 0.25) is 0 Å². The average molecular weight is 479 g/mol. The number of carbonyl (C=O) groups is 2. The Morgan fingerprint density at radius 1 is 1.08 bits per heavy atom. The highest BCUT2D eigenvalue weighted by Gasteiger charge is 2.35. The molecule has 0 aliphatic carbocycles. The summed E-state index contributed by atoms with van der Waals surface area (Å²) in [5.74, 6) is -0.344. The van der Waals surface area contributed by atoms with Crippen LogP contribution in [0.2, 0.25) is 0 Å². The van der Waals surface area contributed by atoms with E-state index in [-0.39, 0.29) is 23.8 Å². The first-order valence-electron chi connectivity index (χ1n) is 11.6. The van der Waals surface area contributed by atoms with Gasteiger partial charge in [-0.15, -0.1) is 6.58 Å². The monoisotopic (exact) mass is 478 g/mol. The van der Waals surface area contributed by atoms with Crippen molar-refractivity contribution >= 4 is 17.9 Å². The summed E-state index contributed by atoms with van der Waals surface area (Å²) in [6, 6.07) is 19.2. The second-order valence-electron chi connectivity index (χ2n) is 8.58. The molecule has 2 aromatic carbocycles. The molecule has 1 aromatic heterocycles. The number of imide groups is 1. The summed E-state index contributed by atoms with van der Waals surface area (Å²) < 4.78 is 7.50. The highest BCUT2D eigenvalue weighted by molar-refractivity contribution is 6.19. The molecule has 0 unspecified atom stereocenters. The lowest BCUT2D eigenvalue weighted by Crippen LogP contribution is -2.42. The van der Waals surface area contributed by atoms with Gasteiger partial charge in [-0.1, -0.05) is 24.3 Å². The van der Waals surface area contributed by atoms with E-state index in [1.807, 2.05) is 80.7 Å². The fraction of sp³-hybridized carbons (Fsp3) is 0.172. The number of hydrogen-bond donors (Lipinski definition) is 0. The van der Waals surface area contributed by atoms with E-state index in [1.54, 1.807) is 17.7 Å². The molecule has 2 amide bonds. The number of nitriles is 1. The molecular formula is C29H26N4O3. The molecule has 1 aliphatic rings. The minimum absolute atomic E-state index is 0.0148. The third-order valence-corrected chi connectivity index (χ3v) is 5.70. The molecule has 0 radical (unpaired) electrons. The zero-order valence-corrected chi connectivity index (χ0v) is 20.4. The molecule has 0 atom stereocenters. The van der Waals surface area contributed by atoms with Crippen molar-refractivity contribution in [3.63, 3.8) is 0 Å². The first-order valence-corrected chi connectivity index (χ1v) is 11.6. The van der Waals surface area contributed by atoms with Gasteiger partial charge in [0.15, 0.2) is 0 Å². The number of ether oxygens (including phenoxy) is 1. The number of aromatic nitrogens is 2. The number of amides is 2. The second-order valence-corrected chi connectivity index (χ2v) is 8.58. The first kappa shape index (κ1) is 24.4. The van der Waals surface area contributed by atoms with Gasteiger partial charge in [0.05, 0.1) is 17.5 Å². The molecule has 0 bridgehead atoms. The number of para-hydroxylation sites is 1. The smallest absolute Gasteiger partial charge is 0.271 e. The Balaban J connectivity index is 1.88. The second kappa shape index (κ2) is 10.3. The maximum atomic E-state index is 13.3. The Bertz CT molecular complexity index is 1420. The Morgan fingerprint density at radius 3 is 2.39 bits per heavy atom. The zero-order chi connectivity index (χ0) is 25.8. The summed E-state index contributed by atoms with van der Waals surface area (Å²) in [5.41, 5.74) is 3.55. The van der Waals surface area contributed by atoms with Crippen molar-refractivity contribution in [2.45, 2.75) is 26.9 Å². The van der Waals surface area contributed by atoms with Crippen LogP contribution in [-0.4, -0.2) is 39.1 Å². The predicted octanol–water partition coefficient (Wildman–Crippen LogP) is 5.10. The number of rotatable bonds is 7. The SMILES string of the molecule is C=CCN1C(=O)C(C#N)=C(C)/C(=C\c2cn(-c3ccccc3)nc2-c2ccc(OC(C)C)cc2)C1=O. The van der Waals surface area contributed by atoms with Crippen molar-refractivity contribution < 1.29 is 14.3 Å². The van der Waals surface area contributed by atoms with Crippen LogP contribution in [0.3, 0.4) is 0 Å². The van der Waals surface area contributed by atoms with Crippen LogP contribution >= 0.6 is 0 Å². The van der Waals surface area contributed by atoms with Crippen LogP contribution in [0.1, 0.15) is 26.3 Å². The van der Waals surface area contributed by atoms with Crippen LogP contribution in [0.15, 0.2) is 90.2 Å². The normalized spacial score (nSPS) is 15.0. The lowest BCUT2D eigenvalue weighted by Gasteiger charge is -2.26. The third-order valence-electron chi connectivity index (χ3n) is 5.70. The fourth-order valence-electron chi connectivity index (χ4n) is 3.97. The van der Waals surface area contributed by atoms with Gasteiger partial charge in [-0.25, -0.2) is 4.68 Å². The van der Waals surface area contributed by atoms with Crippen LogP contribution in [0, 0.1) is 11.3 Å². The quantitative estimate of drug-likeness (QED) is 0.268. The molecule has 0 fully saturated rings. The van der Waals surface area contributed by atoms with E-state index in [0.29, 0.717) is 16.8 Å². The van der Waals surface area contributed by atoms with E-state index in [0.717, 1.165) is 21.9 Å². The molecule has 7 nitrogen and oxygen atoms in total. The first-order chi connectivity index (χ1) is 17.3. The summed E-state index contributed by atoms with van der Waals surface area (Å²) in [6.07, 6.45) is 5.04. The number of benzene rings is 2. The van der Waals surface area contributed by atoms with Crippen LogP contribution < -0.4 is 4.74 Å². The Hall–Kier alpha value is -4.70. The van der Waals surface area contributed by atoms with Gasteiger partial charge >= 0.3 is 0 Å². The van der Waals surface area contributed by atoms with E-state index in [9.17, 15) is 14.9 Å². The van der Waals surface area contributed by atoms with E-state index in [1.165, 1.54) is 6.08 Å². The molecule has 1 aliphatic heterocycles. The van der Waals surface area contributed by atoms with Gasteiger partial charge in [-0.3, -0.25) is 14.5 Å². The van der Waals surface area contributed by atoms with Crippen LogP contribution in [-0.2, 0) is 9.59 Å². The van der Waals surface area contributed by atoms with Gasteiger partial charge in [0, 0.05) is 29.4 Å². The van der Waals surface area contributed by atoms with Crippen molar-refractivity contribution in [1.82, 2.24) is 14.7 Å². The largest absolute Gasteiger partial charge is 0.491 e. The molecule has 0 spiro atoms. The van der Waals surface area contributed by atoms with Gasteiger partial charge in [0.1, 0.15) is 17.4 Å². The Kier molecular flexibility index (Phi) is 6.98. The third kappa shape index (κ3) is 4.75. The summed E-state index contributed by atoms with van der Waals surface area (Å²) in [4.78, 5) is 27.0. The van der Waals surface area contributed by atoms with E-state index < -0.39 is 11.8 Å². The van der Waals surface area contributed by atoms with Gasteiger partial charge in [-0.05, 0) is 68.8 Å². The maximum Gasteiger partial charge on any atom is 0.271 e. The summed E-state index contributed by atoms with van der Waals surface area (Å²) in [7, 11) is 0. The maximum absolute atomic E-state index is 13.3. The van der Waals surface area contributed by atoms with E-state index >= 15 is 0 Å². The molecule has 180 valence electrons. The highest BCUT2D eigenvalue weighted by Crippen LogP contribution is 2.32. The standard InChI is InChI=1S/C29H26N4O3/c1-5-15-32-28(34)25(20(4)26(17-30)29(32)35)16-22-18-33(23-9-7-6-8-10-23)31-27(22)21-11-13-24(14-12-21)36-19(2)3/h5-14,16,18-19H,1,15H2,2-4H3/b25-16+. The summed E-state index contributed by atoms with van der Waals surface area (Å²) in [5, 5.41) is 14.4. The lowest BCUT2D eigenvalue weighted by atomic mass is 9.93. The number of nitrogens with zero attached hydrogens (tertiary/aromatic N) is 4. The molecule has 0 saturated heterocycles. The van der Waals surface area contributed by atoms with Crippen LogP contribution in [0.4, 0.5) is 0 Å². The topological polar surface area (TPSA) is 88.2 Å². The fourth-order valence-corrected chi connectivity index (χ4v) is 3.97. The molecule has 2 heterocycles.